The van der Waals surface area contributed by atoms with Crippen LogP contribution in [-0.2, 0) is 11.2 Å². The maximum atomic E-state index is 12.0. The van der Waals surface area contributed by atoms with Gasteiger partial charge in [0.2, 0.25) is 5.91 Å². The van der Waals surface area contributed by atoms with E-state index in [1.807, 2.05) is 19.9 Å². The smallest absolute Gasteiger partial charge is 0.335 e. The van der Waals surface area contributed by atoms with Gasteiger partial charge in [-0.15, -0.1) is 0 Å². The molecule has 1 unspecified atom stereocenters. The number of carboxylic acid groups (broad SMARTS) is 1. The van der Waals surface area contributed by atoms with Gasteiger partial charge < -0.3 is 15.3 Å². The number of carboxylic acids is 1. The molecule has 0 radical (unpaired) electrons. The fourth-order valence-corrected chi connectivity index (χ4v) is 2.63. The zero-order valence-electron chi connectivity index (χ0n) is 11.8. The van der Waals surface area contributed by atoms with Gasteiger partial charge in [0.15, 0.2) is 0 Å². The number of anilines is 1. The first-order valence-electron chi connectivity index (χ1n) is 6.95. The third-order valence-corrected chi connectivity index (χ3v) is 3.68. The fraction of sp³-hybridized carbons (Fsp3) is 0.467. The van der Waals surface area contributed by atoms with Crippen molar-refractivity contribution >= 4 is 17.6 Å². The molecule has 1 heterocycles. The van der Waals surface area contributed by atoms with Crippen LogP contribution in [0.3, 0.4) is 0 Å². The second kappa shape index (κ2) is 5.94. The summed E-state index contributed by atoms with van der Waals surface area (Å²) in [5, 5.41) is 11.9. The van der Waals surface area contributed by atoms with Crippen LogP contribution < -0.4 is 10.2 Å². The lowest BCUT2D eigenvalue weighted by Crippen LogP contribution is -2.47. The highest BCUT2D eigenvalue weighted by molar-refractivity contribution is 5.89. The van der Waals surface area contributed by atoms with Gasteiger partial charge in [-0.25, -0.2) is 4.79 Å². The summed E-state index contributed by atoms with van der Waals surface area (Å²) in [7, 11) is 0. The van der Waals surface area contributed by atoms with E-state index in [-0.39, 0.29) is 11.9 Å². The number of amides is 1. The number of aryl methyl sites for hydroxylation is 1. The Morgan fingerprint density at radius 3 is 2.85 bits per heavy atom. The second-order valence-electron chi connectivity index (χ2n) is 5.02. The third kappa shape index (κ3) is 2.76. The van der Waals surface area contributed by atoms with Crippen LogP contribution in [0.25, 0.3) is 0 Å². The summed E-state index contributed by atoms with van der Waals surface area (Å²) in [5.74, 6) is -0.913. The predicted octanol–water partition coefficient (Wildman–Crippen LogP) is 1.66. The second-order valence-corrected chi connectivity index (χ2v) is 5.02. The Bertz CT molecular complexity index is 528. The molecule has 5 heteroatoms. The molecule has 1 aliphatic rings. The lowest BCUT2D eigenvalue weighted by molar-refractivity contribution is -0.122. The van der Waals surface area contributed by atoms with Crippen molar-refractivity contribution in [1.29, 1.82) is 0 Å². The highest BCUT2D eigenvalue weighted by atomic mass is 16.4. The summed E-state index contributed by atoms with van der Waals surface area (Å²) in [5.41, 5.74) is 2.28. The van der Waals surface area contributed by atoms with Crippen LogP contribution in [0.1, 0.15) is 36.2 Å². The number of carbonyl (C=O) groups excluding carboxylic acids is 1. The van der Waals surface area contributed by atoms with Gasteiger partial charge in [-0.05, 0) is 50.5 Å². The van der Waals surface area contributed by atoms with E-state index in [0.29, 0.717) is 12.1 Å². The number of benzene rings is 1. The Balaban J connectivity index is 2.28. The maximum Gasteiger partial charge on any atom is 0.335 e. The zero-order valence-corrected chi connectivity index (χ0v) is 11.8. The Morgan fingerprint density at radius 1 is 1.45 bits per heavy atom. The van der Waals surface area contributed by atoms with E-state index in [2.05, 4.69) is 10.2 Å². The van der Waals surface area contributed by atoms with Gasteiger partial charge in [-0.1, -0.05) is 0 Å². The first-order chi connectivity index (χ1) is 9.54. The molecule has 1 aromatic carbocycles. The molecule has 108 valence electrons. The molecular formula is C15H20N2O3. The number of nitrogens with one attached hydrogen (secondary N) is 1. The highest BCUT2D eigenvalue weighted by Gasteiger charge is 2.26. The molecule has 0 spiro atoms. The summed E-state index contributed by atoms with van der Waals surface area (Å²) in [6, 6.07) is 4.89. The highest BCUT2D eigenvalue weighted by Crippen LogP contribution is 2.29. The van der Waals surface area contributed by atoms with Crippen molar-refractivity contribution in [1.82, 2.24) is 5.32 Å². The summed E-state index contributed by atoms with van der Waals surface area (Å²) < 4.78 is 0. The van der Waals surface area contributed by atoms with Crippen molar-refractivity contribution in [2.75, 3.05) is 18.0 Å². The summed E-state index contributed by atoms with van der Waals surface area (Å²) in [4.78, 5) is 25.0. The molecule has 0 aromatic heterocycles. The molecule has 1 aliphatic heterocycles. The monoisotopic (exact) mass is 276 g/mol. The molecule has 1 aromatic rings. The van der Waals surface area contributed by atoms with Crippen LogP contribution in [0.5, 0.6) is 0 Å². The molecule has 0 saturated carbocycles. The third-order valence-electron chi connectivity index (χ3n) is 3.68. The average molecular weight is 276 g/mol. The number of hydrogen-bond acceptors (Lipinski definition) is 3. The van der Waals surface area contributed by atoms with Crippen LogP contribution in [0.2, 0.25) is 0 Å². The molecule has 0 bridgehead atoms. The minimum absolute atomic E-state index is 0.00246. The van der Waals surface area contributed by atoms with Crippen LogP contribution in [-0.4, -0.2) is 36.1 Å². The number of fused-ring (bicyclic) bond motifs is 1. The van der Waals surface area contributed by atoms with Gasteiger partial charge >= 0.3 is 5.97 Å². The molecule has 0 fully saturated rings. The van der Waals surface area contributed by atoms with E-state index in [9.17, 15) is 9.59 Å². The van der Waals surface area contributed by atoms with E-state index in [1.54, 1.807) is 12.1 Å². The Morgan fingerprint density at radius 2 is 2.20 bits per heavy atom. The van der Waals surface area contributed by atoms with Crippen LogP contribution in [0.15, 0.2) is 18.2 Å². The fourth-order valence-electron chi connectivity index (χ4n) is 2.63. The van der Waals surface area contributed by atoms with E-state index < -0.39 is 5.97 Å². The van der Waals surface area contributed by atoms with Crippen molar-refractivity contribution in [2.24, 2.45) is 0 Å². The molecule has 20 heavy (non-hydrogen) atoms. The minimum atomic E-state index is -0.915. The van der Waals surface area contributed by atoms with Crippen LogP contribution >= 0.6 is 0 Å². The molecule has 1 atom stereocenters. The number of carbonyl (C=O) groups is 2. The number of aromatic carboxylic acids is 1. The topological polar surface area (TPSA) is 69.6 Å². The normalized spacial score (nSPS) is 15.4. The number of nitrogens with zero attached hydrogens (tertiary/aromatic N) is 1. The Kier molecular flexibility index (Phi) is 4.27. The predicted molar refractivity (Wildman–Crippen MR) is 77.2 cm³/mol. The molecule has 2 rings (SSSR count). The summed E-state index contributed by atoms with van der Waals surface area (Å²) in [6.45, 7) is 5.21. The van der Waals surface area contributed by atoms with Crippen LogP contribution in [0.4, 0.5) is 5.69 Å². The van der Waals surface area contributed by atoms with Gasteiger partial charge in [-0.3, -0.25) is 4.79 Å². The van der Waals surface area contributed by atoms with Crippen molar-refractivity contribution < 1.29 is 14.7 Å². The molecule has 5 nitrogen and oxygen atoms in total. The van der Waals surface area contributed by atoms with E-state index in [4.69, 9.17) is 5.11 Å². The summed E-state index contributed by atoms with van der Waals surface area (Å²) >= 11 is 0. The van der Waals surface area contributed by atoms with Crippen molar-refractivity contribution in [3.8, 4) is 0 Å². The standard InChI is InChI=1S/C15H20N2O3/c1-3-16-14(18)10(2)17-8-4-5-11-9-12(15(19)20)6-7-13(11)17/h6-7,9-10H,3-5,8H2,1-2H3,(H,16,18)(H,19,20). The van der Waals surface area contributed by atoms with Gasteiger partial charge in [0.1, 0.15) is 6.04 Å². The lowest BCUT2D eigenvalue weighted by Gasteiger charge is -2.35. The van der Waals surface area contributed by atoms with Crippen molar-refractivity contribution in [3.63, 3.8) is 0 Å². The minimum Gasteiger partial charge on any atom is -0.478 e. The first-order valence-corrected chi connectivity index (χ1v) is 6.95. The van der Waals surface area contributed by atoms with E-state index in [1.165, 1.54) is 0 Å². The number of rotatable bonds is 4. The number of hydrogen-bond donors (Lipinski definition) is 2. The van der Waals surface area contributed by atoms with E-state index in [0.717, 1.165) is 30.6 Å². The molecule has 0 saturated heterocycles. The molecule has 2 N–H and O–H groups in total. The van der Waals surface area contributed by atoms with Gasteiger partial charge in [-0.2, -0.15) is 0 Å². The molecule has 1 amide bonds. The van der Waals surface area contributed by atoms with Gasteiger partial charge in [0, 0.05) is 18.8 Å². The molecular weight excluding hydrogens is 256 g/mol. The summed E-state index contributed by atoms with van der Waals surface area (Å²) in [6.07, 6.45) is 1.79. The Hall–Kier alpha value is -2.04. The van der Waals surface area contributed by atoms with Crippen molar-refractivity contribution in [3.05, 3.63) is 29.3 Å². The largest absolute Gasteiger partial charge is 0.478 e. The molecule has 0 aliphatic carbocycles. The number of likely N-dealkylation sites (N-methyl/N-ethyl adjacent to an activating group) is 1. The van der Waals surface area contributed by atoms with Gasteiger partial charge in [0.25, 0.3) is 0 Å². The zero-order chi connectivity index (χ0) is 14.7. The van der Waals surface area contributed by atoms with E-state index >= 15 is 0 Å². The first kappa shape index (κ1) is 14.4. The average Bonchev–Trinajstić information content (AvgIpc) is 2.45. The quantitative estimate of drug-likeness (QED) is 0.877. The van der Waals surface area contributed by atoms with Crippen LogP contribution in [0, 0.1) is 0 Å². The SMILES string of the molecule is CCNC(=O)C(C)N1CCCc2cc(C(=O)O)ccc21. The maximum absolute atomic E-state index is 12.0. The van der Waals surface area contributed by atoms with Crippen molar-refractivity contribution in [2.45, 2.75) is 32.7 Å². The lowest BCUT2D eigenvalue weighted by atomic mass is 9.97. The van der Waals surface area contributed by atoms with Gasteiger partial charge in [0.05, 0.1) is 5.56 Å². The Labute approximate surface area is 118 Å².